The molecule has 3 nitrogen and oxygen atoms in total. The Labute approximate surface area is 149 Å². The first-order valence-electron chi connectivity index (χ1n) is 7.97. The summed E-state index contributed by atoms with van der Waals surface area (Å²) in [5.41, 5.74) is 4.96. The van der Waals surface area contributed by atoms with Crippen molar-refractivity contribution in [3.05, 3.63) is 64.7 Å². The number of carbonyl (C=O) groups is 1. The Kier molecular flexibility index (Phi) is 5.40. The van der Waals surface area contributed by atoms with Crippen molar-refractivity contribution >= 4 is 28.9 Å². The number of nitrogens with one attached hydrogen (secondary N) is 2. The molecule has 0 fully saturated rings. The highest BCUT2D eigenvalue weighted by Gasteiger charge is 2.15. The molecule has 24 heavy (non-hydrogen) atoms. The summed E-state index contributed by atoms with van der Waals surface area (Å²) in [4.78, 5) is 12.3. The first-order chi connectivity index (χ1) is 11.2. The van der Waals surface area contributed by atoms with Gasteiger partial charge in [-0.1, -0.05) is 45.0 Å². The summed E-state index contributed by atoms with van der Waals surface area (Å²) in [5.74, 6) is -0.210. The van der Waals surface area contributed by atoms with E-state index in [9.17, 15) is 4.79 Å². The van der Waals surface area contributed by atoms with Crippen LogP contribution in [0.15, 0.2) is 42.5 Å². The van der Waals surface area contributed by atoms with E-state index in [1.54, 1.807) is 0 Å². The van der Waals surface area contributed by atoms with Gasteiger partial charge in [0.25, 0.3) is 5.91 Å². The lowest BCUT2D eigenvalue weighted by molar-refractivity contribution is 0.0977. The second-order valence-corrected chi connectivity index (χ2v) is 7.46. The maximum atomic E-state index is 12.3. The molecule has 0 aliphatic carbocycles. The Bertz CT molecular complexity index is 758. The maximum Gasteiger partial charge on any atom is 0.257 e. The van der Waals surface area contributed by atoms with Crippen molar-refractivity contribution in [3.63, 3.8) is 0 Å². The molecule has 0 atom stereocenters. The molecule has 0 spiro atoms. The van der Waals surface area contributed by atoms with Gasteiger partial charge < -0.3 is 5.32 Å². The Morgan fingerprint density at radius 2 is 1.62 bits per heavy atom. The lowest BCUT2D eigenvalue weighted by atomic mass is 9.87. The van der Waals surface area contributed by atoms with Gasteiger partial charge in [-0.2, -0.15) is 0 Å². The third kappa shape index (κ3) is 4.65. The predicted molar refractivity (Wildman–Crippen MR) is 105 cm³/mol. The molecule has 2 N–H and O–H groups in total. The topological polar surface area (TPSA) is 41.1 Å². The van der Waals surface area contributed by atoms with Crippen molar-refractivity contribution in [2.45, 2.75) is 40.0 Å². The fourth-order valence-electron chi connectivity index (χ4n) is 2.32. The summed E-state index contributed by atoms with van der Waals surface area (Å²) in [6.45, 7) is 10.4. The molecule has 4 heteroatoms. The molecule has 0 saturated carbocycles. The van der Waals surface area contributed by atoms with E-state index in [2.05, 4.69) is 31.4 Å². The molecule has 2 rings (SSSR count). The monoisotopic (exact) mass is 340 g/mol. The number of benzene rings is 2. The van der Waals surface area contributed by atoms with Crippen molar-refractivity contribution < 1.29 is 4.79 Å². The van der Waals surface area contributed by atoms with E-state index in [-0.39, 0.29) is 11.3 Å². The Morgan fingerprint density at radius 3 is 2.21 bits per heavy atom. The summed E-state index contributed by atoms with van der Waals surface area (Å²) in [7, 11) is 0. The average Bonchev–Trinajstić information content (AvgIpc) is 2.50. The van der Waals surface area contributed by atoms with Gasteiger partial charge in [-0.15, -0.1) is 0 Å². The number of anilines is 1. The molecule has 1 amide bonds. The summed E-state index contributed by atoms with van der Waals surface area (Å²) in [5, 5.41) is 6.12. The van der Waals surface area contributed by atoms with E-state index < -0.39 is 0 Å². The number of thiocarbonyl (C=S) groups is 1. The molecule has 0 aliphatic rings. The second kappa shape index (κ2) is 7.14. The van der Waals surface area contributed by atoms with Crippen LogP contribution in [0, 0.1) is 13.8 Å². The molecular weight excluding hydrogens is 316 g/mol. The zero-order valence-electron chi connectivity index (χ0n) is 14.9. The summed E-state index contributed by atoms with van der Waals surface area (Å²) in [6, 6.07) is 13.7. The molecule has 2 aromatic carbocycles. The predicted octanol–water partition coefficient (Wildman–Crippen LogP) is 4.73. The van der Waals surface area contributed by atoms with Gasteiger partial charge in [-0.05, 0) is 66.4 Å². The van der Waals surface area contributed by atoms with E-state index in [0.29, 0.717) is 10.7 Å². The van der Waals surface area contributed by atoms with E-state index in [1.165, 1.54) is 5.56 Å². The van der Waals surface area contributed by atoms with Crippen LogP contribution in [-0.4, -0.2) is 11.0 Å². The van der Waals surface area contributed by atoms with Crippen molar-refractivity contribution in [1.29, 1.82) is 0 Å². The lowest BCUT2D eigenvalue weighted by Gasteiger charge is -2.19. The zero-order chi connectivity index (χ0) is 17.9. The molecule has 0 unspecified atom stereocenters. The molecule has 0 aromatic heterocycles. The van der Waals surface area contributed by atoms with Gasteiger partial charge >= 0.3 is 0 Å². The highest BCUT2D eigenvalue weighted by Crippen LogP contribution is 2.22. The quantitative estimate of drug-likeness (QED) is 0.777. The fraction of sp³-hybridized carbons (Fsp3) is 0.300. The summed E-state index contributed by atoms with van der Waals surface area (Å²) >= 11 is 5.26. The van der Waals surface area contributed by atoms with Gasteiger partial charge in [-0.25, -0.2) is 0 Å². The first kappa shape index (κ1) is 18.1. The minimum atomic E-state index is -0.210. The van der Waals surface area contributed by atoms with Crippen molar-refractivity contribution in [2.24, 2.45) is 0 Å². The van der Waals surface area contributed by atoms with Gasteiger partial charge in [0.2, 0.25) is 0 Å². The van der Waals surface area contributed by atoms with Crippen molar-refractivity contribution in [3.8, 4) is 0 Å². The third-order valence-corrected chi connectivity index (χ3v) is 4.09. The second-order valence-electron chi connectivity index (χ2n) is 7.05. The molecule has 0 radical (unpaired) electrons. The SMILES string of the molecule is Cc1ccc(C)c(NC(=S)NC(=O)c2ccc(C(C)(C)C)cc2)c1. The van der Waals surface area contributed by atoms with Crippen LogP contribution in [0.3, 0.4) is 0 Å². The molecule has 0 heterocycles. The molecule has 0 bridgehead atoms. The third-order valence-electron chi connectivity index (χ3n) is 3.88. The minimum absolute atomic E-state index is 0.0640. The highest BCUT2D eigenvalue weighted by molar-refractivity contribution is 7.80. The van der Waals surface area contributed by atoms with Crippen LogP contribution in [0.1, 0.15) is 47.8 Å². The van der Waals surface area contributed by atoms with Crippen LogP contribution in [0.5, 0.6) is 0 Å². The van der Waals surface area contributed by atoms with E-state index >= 15 is 0 Å². The largest absolute Gasteiger partial charge is 0.332 e. The molecule has 0 aliphatic heterocycles. The van der Waals surface area contributed by atoms with Crippen molar-refractivity contribution in [1.82, 2.24) is 5.32 Å². The standard InChI is InChI=1S/C20H24N2OS/c1-13-6-7-14(2)17(12-13)21-19(24)22-18(23)15-8-10-16(11-9-15)20(3,4)5/h6-12H,1-5H3,(H2,21,22,23,24). The zero-order valence-corrected chi connectivity index (χ0v) is 15.7. The van der Waals surface area contributed by atoms with Crippen molar-refractivity contribution in [2.75, 3.05) is 5.32 Å². The summed E-state index contributed by atoms with van der Waals surface area (Å²) < 4.78 is 0. The van der Waals surface area contributed by atoms with Crippen LogP contribution in [0.2, 0.25) is 0 Å². The number of hydrogen-bond acceptors (Lipinski definition) is 2. The molecule has 2 aromatic rings. The number of amides is 1. The number of hydrogen-bond donors (Lipinski definition) is 2. The average molecular weight is 340 g/mol. The lowest BCUT2D eigenvalue weighted by Crippen LogP contribution is -2.34. The normalized spacial score (nSPS) is 11.0. The summed E-state index contributed by atoms with van der Waals surface area (Å²) in [6.07, 6.45) is 0. The van der Waals surface area contributed by atoms with Crippen LogP contribution in [-0.2, 0) is 5.41 Å². The minimum Gasteiger partial charge on any atom is -0.332 e. The first-order valence-corrected chi connectivity index (χ1v) is 8.38. The Hall–Kier alpha value is -2.20. The molecule has 0 saturated heterocycles. The van der Waals surface area contributed by atoms with E-state index in [4.69, 9.17) is 12.2 Å². The van der Waals surface area contributed by atoms with Gasteiger partial charge in [0, 0.05) is 11.3 Å². The molecular formula is C20H24N2OS. The van der Waals surface area contributed by atoms with Crippen LogP contribution in [0.4, 0.5) is 5.69 Å². The van der Waals surface area contributed by atoms with Crippen LogP contribution >= 0.6 is 12.2 Å². The van der Waals surface area contributed by atoms with Gasteiger partial charge in [-0.3, -0.25) is 10.1 Å². The van der Waals surface area contributed by atoms with Crippen LogP contribution in [0.25, 0.3) is 0 Å². The van der Waals surface area contributed by atoms with Gasteiger partial charge in [0.15, 0.2) is 5.11 Å². The maximum absolute atomic E-state index is 12.3. The smallest absolute Gasteiger partial charge is 0.257 e. The van der Waals surface area contributed by atoms with Gasteiger partial charge in [0.05, 0.1) is 0 Å². The number of aryl methyl sites for hydroxylation is 2. The Morgan fingerprint density at radius 1 is 1.00 bits per heavy atom. The Balaban J connectivity index is 2.04. The highest BCUT2D eigenvalue weighted by atomic mass is 32.1. The van der Waals surface area contributed by atoms with Gasteiger partial charge in [0.1, 0.15) is 0 Å². The molecule has 126 valence electrons. The van der Waals surface area contributed by atoms with Crippen LogP contribution < -0.4 is 10.6 Å². The number of carbonyl (C=O) groups excluding carboxylic acids is 1. The van der Waals surface area contributed by atoms with E-state index in [1.807, 2.05) is 56.3 Å². The fourth-order valence-corrected chi connectivity index (χ4v) is 2.52. The number of rotatable bonds is 2. The van der Waals surface area contributed by atoms with E-state index in [0.717, 1.165) is 16.8 Å².